The van der Waals surface area contributed by atoms with Crippen LogP contribution in [-0.4, -0.2) is 38.3 Å². The Morgan fingerprint density at radius 2 is 1.93 bits per heavy atom. The molecule has 1 heterocycles. The van der Waals surface area contributed by atoms with Gasteiger partial charge < -0.3 is 4.90 Å². The van der Waals surface area contributed by atoms with Gasteiger partial charge in [0.1, 0.15) is 0 Å². The quantitative estimate of drug-likeness (QED) is 0.577. The fourth-order valence-electron chi connectivity index (χ4n) is 3.45. The number of aryl methyl sites for hydroxylation is 1. The number of sulfonamides is 1. The van der Waals surface area contributed by atoms with Gasteiger partial charge in [-0.2, -0.15) is 4.31 Å². The summed E-state index contributed by atoms with van der Waals surface area (Å²) in [6, 6.07) is 11.7. The highest BCUT2D eigenvalue weighted by atomic mass is 32.2. The zero-order valence-electron chi connectivity index (χ0n) is 15.6. The number of nitro groups is 1. The molecule has 0 saturated carbocycles. The molecule has 0 bridgehead atoms. The lowest BCUT2D eigenvalue weighted by atomic mass is 10.0. The second kappa shape index (κ2) is 7.28. The van der Waals surface area contributed by atoms with Gasteiger partial charge in [0.2, 0.25) is 10.0 Å². The van der Waals surface area contributed by atoms with Crippen molar-refractivity contribution in [3.05, 3.63) is 63.7 Å². The largest absolute Gasteiger partial charge is 0.378 e. The molecule has 1 unspecified atom stereocenters. The molecule has 0 N–H and O–H groups in total. The number of anilines is 1. The Morgan fingerprint density at radius 3 is 2.59 bits per heavy atom. The molecule has 3 rings (SSSR count). The maximum atomic E-state index is 13.2. The highest BCUT2D eigenvalue weighted by molar-refractivity contribution is 7.89. The summed E-state index contributed by atoms with van der Waals surface area (Å²) in [6.07, 6.45) is 1.48. The van der Waals surface area contributed by atoms with Gasteiger partial charge in [0.25, 0.3) is 5.69 Å². The Labute approximate surface area is 159 Å². The first-order valence-corrected chi connectivity index (χ1v) is 10.2. The number of benzene rings is 2. The Morgan fingerprint density at radius 1 is 1.19 bits per heavy atom. The zero-order valence-corrected chi connectivity index (χ0v) is 16.4. The van der Waals surface area contributed by atoms with E-state index in [2.05, 4.69) is 0 Å². The molecule has 1 fully saturated rings. The van der Waals surface area contributed by atoms with Gasteiger partial charge in [0, 0.05) is 38.0 Å². The summed E-state index contributed by atoms with van der Waals surface area (Å²) in [5.41, 5.74) is 2.20. The van der Waals surface area contributed by atoms with E-state index in [0.717, 1.165) is 30.2 Å². The minimum atomic E-state index is -3.83. The van der Waals surface area contributed by atoms with E-state index in [1.54, 1.807) is 6.92 Å². The van der Waals surface area contributed by atoms with Crippen molar-refractivity contribution in [2.45, 2.75) is 30.7 Å². The zero-order chi connectivity index (χ0) is 19.8. The van der Waals surface area contributed by atoms with Crippen molar-refractivity contribution < 1.29 is 13.3 Å². The van der Waals surface area contributed by atoms with Crippen LogP contribution in [0.2, 0.25) is 0 Å². The molecule has 1 aliphatic rings. The van der Waals surface area contributed by atoms with Crippen LogP contribution in [0.5, 0.6) is 0 Å². The van der Waals surface area contributed by atoms with Crippen molar-refractivity contribution >= 4 is 21.4 Å². The van der Waals surface area contributed by atoms with Crippen molar-refractivity contribution in [2.24, 2.45) is 0 Å². The van der Waals surface area contributed by atoms with Gasteiger partial charge in [-0.15, -0.1) is 0 Å². The molecule has 1 atom stereocenters. The Kier molecular flexibility index (Phi) is 5.21. The third kappa shape index (κ3) is 3.68. The van der Waals surface area contributed by atoms with Crippen LogP contribution in [0.1, 0.15) is 30.0 Å². The molecular formula is C19H23N3O4S. The maximum Gasteiger partial charge on any atom is 0.273 e. The van der Waals surface area contributed by atoms with Crippen molar-refractivity contribution in [1.82, 2.24) is 4.31 Å². The van der Waals surface area contributed by atoms with Gasteiger partial charge in [-0.05, 0) is 43.5 Å². The van der Waals surface area contributed by atoms with Gasteiger partial charge in [-0.3, -0.25) is 10.1 Å². The Hall–Kier alpha value is -2.45. The van der Waals surface area contributed by atoms with Crippen LogP contribution >= 0.6 is 0 Å². The van der Waals surface area contributed by atoms with E-state index in [9.17, 15) is 18.5 Å². The molecule has 0 amide bonds. The summed E-state index contributed by atoms with van der Waals surface area (Å²) in [5.74, 6) is 0. The van der Waals surface area contributed by atoms with Crippen LogP contribution in [-0.2, 0) is 10.0 Å². The van der Waals surface area contributed by atoms with Gasteiger partial charge in [-0.1, -0.05) is 18.2 Å². The van der Waals surface area contributed by atoms with Crippen LogP contribution in [0.4, 0.5) is 11.4 Å². The Bertz CT molecular complexity index is 973. The van der Waals surface area contributed by atoms with Crippen LogP contribution in [0.25, 0.3) is 0 Å². The number of nitro benzene ring substituents is 1. The van der Waals surface area contributed by atoms with Gasteiger partial charge in [0.05, 0.1) is 15.9 Å². The van der Waals surface area contributed by atoms with Crippen LogP contribution in [0.3, 0.4) is 0 Å². The first kappa shape index (κ1) is 19.3. The molecule has 1 aliphatic heterocycles. The molecule has 0 aromatic heterocycles. The van der Waals surface area contributed by atoms with E-state index in [4.69, 9.17) is 0 Å². The second-order valence-electron chi connectivity index (χ2n) is 6.97. The number of hydrogen-bond acceptors (Lipinski definition) is 5. The average molecular weight is 389 g/mol. The van der Waals surface area contributed by atoms with Crippen molar-refractivity contribution in [2.75, 3.05) is 25.5 Å². The van der Waals surface area contributed by atoms with Crippen molar-refractivity contribution in [3.8, 4) is 0 Å². The predicted octanol–water partition coefficient (Wildman–Crippen LogP) is 3.50. The summed E-state index contributed by atoms with van der Waals surface area (Å²) >= 11 is 0. The van der Waals surface area contributed by atoms with Gasteiger partial charge in [0.15, 0.2) is 0 Å². The SMILES string of the molecule is Cc1ccc(S(=O)(=O)N2CCCC2c2cccc(N(C)C)c2)cc1[N+](=O)[O-]. The monoisotopic (exact) mass is 389 g/mol. The number of nitrogens with zero attached hydrogens (tertiary/aromatic N) is 3. The summed E-state index contributed by atoms with van der Waals surface area (Å²) in [5, 5.41) is 11.2. The maximum absolute atomic E-state index is 13.2. The first-order chi connectivity index (χ1) is 12.7. The van der Waals surface area contributed by atoms with Crippen LogP contribution in [0, 0.1) is 17.0 Å². The summed E-state index contributed by atoms with van der Waals surface area (Å²) in [4.78, 5) is 12.6. The second-order valence-corrected chi connectivity index (χ2v) is 8.86. The molecule has 0 aliphatic carbocycles. The lowest BCUT2D eigenvalue weighted by molar-refractivity contribution is -0.385. The smallest absolute Gasteiger partial charge is 0.273 e. The molecule has 2 aromatic rings. The fraction of sp³-hybridized carbons (Fsp3) is 0.368. The summed E-state index contributed by atoms with van der Waals surface area (Å²) in [6.45, 7) is 2.00. The van der Waals surface area contributed by atoms with Crippen molar-refractivity contribution in [1.29, 1.82) is 0 Å². The van der Waals surface area contributed by atoms with E-state index < -0.39 is 14.9 Å². The summed E-state index contributed by atoms with van der Waals surface area (Å²) < 4.78 is 27.9. The molecule has 27 heavy (non-hydrogen) atoms. The molecule has 1 saturated heterocycles. The molecular weight excluding hydrogens is 366 g/mol. The van der Waals surface area contributed by atoms with E-state index in [0.29, 0.717) is 12.1 Å². The molecule has 0 spiro atoms. The van der Waals surface area contributed by atoms with Crippen LogP contribution in [0.15, 0.2) is 47.4 Å². The first-order valence-electron chi connectivity index (χ1n) is 8.76. The van der Waals surface area contributed by atoms with Gasteiger partial charge in [-0.25, -0.2) is 8.42 Å². The predicted molar refractivity (Wildman–Crippen MR) is 104 cm³/mol. The average Bonchev–Trinajstić information content (AvgIpc) is 3.12. The minimum Gasteiger partial charge on any atom is -0.378 e. The van der Waals surface area contributed by atoms with E-state index in [-0.39, 0.29) is 16.6 Å². The lowest BCUT2D eigenvalue weighted by Crippen LogP contribution is -2.30. The van der Waals surface area contributed by atoms with E-state index in [1.807, 2.05) is 43.3 Å². The number of rotatable bonds is 5. The summed E-state index contributed by atoms with van der Waals surface area (Å²) in [7, 11) is 0.0498. The third-order valence-electron chi connectivity index (χ3n) is 4.96. The van der Waals surface area contributed by atoms with Crippen molar-refractivity contribution in [3.63, 3.8) is 0 Å². The minimum absolute atomic E-state index is 0.0320. The number of hydrogen-bond donors (Lipinski definition) is 0. The standard InChI is InChI=1S/C19H23N3O4S/c1-14-9-10-17(13-19(14)22(23)24)27(25,26)21-11-5-8-18(21)15-6-4-7-16(12-15)20(2)3/h4,6-7,9-10,12-13,18H,5,8,11H2,1-3H3. The van der Waals surface area contributed by atoms with Crippen LogP contribution < -0.4 is 4.90 Å². The highest BCUT2D eigenvalue weighted by Crippen LogP contribution is 2.38. The normalized spacial score (nSPS) is 17.8. The highest BCUT2D eigenvalue weighted by Gasteiger charge is 2.37. The van der Waals surface area contributed by atoms with Gasteiger partial charge >= 0.3 is 0 Å². The third-order valence-corrected chi connectivity index (χ3v) is 6.86. The molecule has 144 valence electrons. The molecule has 7 nitrogen and oxygen atoms in total. The lowest BCUT2D eigenvalue weighted by Gasteiger charge is -2.25. The molecule has 8 heteroatoms. The Balaban J connectivity index is 2.00. The topological polar surface area (TPSA) is 83.8 Å². The fourth-order valence-corrected chi connectivity index (χ4v) is 5.16. The van der Waals surface area contributed by atoms with E-state index in [1.165, 1.54) is 16.4 Å². The van der Waals surface area contributed by atoms with E-state index >= 15 is 0 Å². The molecule has 0 radical (unpaired) electrons. The molecule has 2 aromatic carbocycles.